The molecule has 132 valence electrons. The minimum atomic E-state index is -0.386. The number of hydrogen-bond acceptors (Lipinski definition) is 6. The first-order chi connectivity index (χ1) is 12.1. The molecule has 8 heteroatoms. The number of halogens is 1. The summed E-state index contributed by atoms with van der Waals surface area (Å²) in [6.45, 7) is -0.276. The lowest BCUT2D eigenvalue weighted by Gasteiger charge is -2.14. The Hall–Kier alpha value is -2.93. The molecule has 2 aromatic carbocycles. The van der Waals surface area contributed by atoms with Crippen LogP contribution in [0.1, 0.15) is 5.56 Å². The Labute approximate surface area is 149 Å². The van der Waals surface area contributed by atoms with Gasteiger partial charge in [-0.3, -0.25) is 4.79 Å². The van der Waals surface area contributed by atoms with E-state index in [9.17, 15) is 4.79 Å². The number of hydrogen-bond donors (Lipinski definition) is 2. The molecule has 0 fully saturated rings. The fraction of sp³-hybridized carbons (Fsp3) is 0.176. The van der Waals surface area contributed by atoms with E-state index in [0.717, 1.165) is 0 Å². The minimum Gasteiger partial charge on any atom is -0.495 e. The smallest absolute Gasteiger partial charge is 0.262 e. The summed E-state index contributed by atoms with van der Waals surface area (Å²) in [6, 6.07) is 10.1. The Kier molecular flexibility index (Phi) is 6.47. The Morgan fingerprint density at radius 2 is 1.96 bits per heavy atom. The zero-order chi connectivity index (χ0) is 18.2. The molecule has 0 bridgehead atoms. The van der Waals surface area contributed by atoms with Crippen molar-refractivity contribution in [2.75, 3.05) is 26.1 Å². The van der Waals surface area contributed by atoms with Gasteiger partial charge in [-0.2, -0.15) is 0 Å². The van der Waals surface area contributed by atoms with Crippen molar-refractivity contribution in [2.45, 2.75) is 0 Å². The highest BCUT2D eigenvalue weighted by atomic mass is 35.5. The molecule has 0 aliphatic heterocycles. The highest BCUT2D eigenvalue weighted by Crippen LogP contribution is 2.36. The molecule has 0 radical (unpaired) electrons. The van der Waals surface area contributed by atoms with E-state index in [4.69, 9.17) is 31.0 Å². The average Bonchev–Trinajstić information content (AvgIpc) is 2.61. The number of para-hydroxylation sites is 2. The van der Waals surface area contributed by atoms with Crippen LogP contribution in [0.15, 0.2) is 41.6 Å². The minimum absolute atomic E-state index is 0.217. The summed E-state index contributed by atoms with van der Waals surface area (Å²) in [7, 11) is 2.96. The molecule has 2 rings (SSSR count). The van der Waals surface area contributed by atoms with Crippen molar-refractivity contribution in [3.05, 3.63) is 47.0 Å². The van der Waals surface area contributed by atoms with Crippen LogP contribution in [0.4, 0.5) is 5.69 Å². The standard InChI is InChI=1S/C17H17ClN2O5/c1-23-14-6-4-3-5-13(14)20-16(21)10-25-17-12(18)7-11(9-19-22)8-15(17)24-2/h3-9,22H,10H2,1-2H3,(H,20,21). The summed E-state index contributed by atoms with van der Waals surface area (Å²) >= 11 is 6.14. The fourth-order valence-corrected chi connectivity index (χ4v) is 2.37. The summed E-state index contributed by atoms with van der Waals surface area (Å²) in [5, 5.41) is 14.4. The molecule has 0 unspecified atom stereocenters. The highest BCUT2D eigenvalue weighted by Gasteiger charge is 2.14. The van der Waals surface area contributed by atoms with Crippen molar-refractivity contribution < 1.29 is 24.2 Å². The molecule has 2 N–H and O–H groups in total. The van der Waals surface area contributed by atoms with Gasteiger partial charge in [0, 0.05) is 5.56 Å². The maximum Gasteiger partial charge on any atom is 0.262 e. The van der Waals surface area contributed by atoms with Gasteiger partial charge in [0.25, 0.3) is 5.91 Å². The number of nitrogens with zero attached hydrogens (tertiary/aromatic N) is 1. The lowest BCUT2D eigenvalue weighted by Crippen LogP contribution is -2.20. The molecule has 0 aliphatic rings. The van der Waals surface area contributed by atoms with Crippen LogP contribution in [0.25, 0.3) is 0 Å². The molecule has 1 amide bonds. The predicted octanol–water partition coefficient (Wildman–Crippen LogP) is 3.18. The van der Waals surface area contributed by atoms with E-state index in [1.54, 1.807) is 30.3 Å². The lowest BCUT2D eigenvalue weighted by molar-refractivity contribution is -0.118. The van der Waals surface area contributed by atoms with Crippen molar-refractivity contribution in [3.8, 4) is 17.2 Å². The third-order valence-electron chi connectivity index (χ3n) is 3.19. The molecule has 0 saturated heterocycles. The number of carbonyl (C=O) groups excluding carboxylic acids is 1. The maximum absolute atomic E-state index is 12.1. The number of anilines is 1. The number of ether oxygens (including phenoxy) is 3. The second-order valence-electron chi connectivity index (χ2n) is 4.82. The Bertz CT molecular complexity index is 780. The van der Waals surface area contributed by atoms with Gasteiger partial charge in [-0.15, -0.1) is 0 Å². The lowest BCUT2D eigenvalue weighted by atomic mass is 10.2. The normalized spacial score (nSPS) is 10.5. The van der Waals surface area contributed by atoms with Crippen LogP contribution in [0.3, 0.4) is 0 Å². The largest absolute Gasteiger partial charge is 0.495 e. The van der Waals surface area contributed by atoms with E-state index in [0.29, 0.717) is 22.7 Å². The first-order valence-electron chi connectivity index (χ1n) is 7.19. The summed E-state index contributed by atoms with van der Waals surface area (Å²) in [6.07, 6.45) is 1.20. The van der Waals surface area contributed by atoms with Crippen molar-refractivity contribution in [3.63, 3.8) is 0 Å². The zero-order valence-corrected chi connectivity index (χ0v) is 14.4. The topological polar surface area (TPSA) is 89.4 Å². The molecule has 2 aromatic rings. The van der Waals surface area contributed by atoms with E-state index in [1.807, 2.05) is 0 Å². The molecule has 25 heavy (non-hydrogen) atoms. The second-order valence-corrected chi connectivity index (χ2v) is 5.22. The van der Waals surface area contributed by atoms with Gasteiger partial charge in [0.15, 0.2) is 18.1 Å². The van der Waals surface area contributed by atoms with Gasteiger partial charge in [0.05, 0.1) is 31.1 Å². The van der Waals surface area contributed by atoms with Crippen molar-refractivity contribution in [1.82, 2.24) is 0 Å². The SMILES string of the molecule is COc1ccccc1NC(=O)COc1c(Cl)cc(C=NO)cc1OC. The summed E-state index contributed by atoms with van der Waals surface area (Å²) in [5.74, 6) is 0.685. The number of methoxy groups -OCH3 is 2. The van der Waals surface area contributed by atoms with Gasteiger partial charge in [-0.05, 0) is 24.3 Å². The van der Waals surface area contributed by atoms with Crippen LogP contribution in [0, 0.1) is 0 Å². The van der Waals surface area contributed by atoms with Crippen LogP contribution >= 0.6 is 11.6 Å². The first-order valence-corrected chi connectivity index (χ1v) is 7.57. The zero-order valence-electron chi connectivity index (χ0n) is 13.7. The van der Waals surface area contributed by atoms with Crippen LogP contribution < -0.4 is 19.5 Å². The molecular weight excluding hydrogens is 348 g/mol. The van der Waals surface area contributed by atoms with E-state index in [1.165, 1.54) is 26.5 Å². The molecule has 0 aliphatic carbocycles. The molecule has 0 saturated carbocycles. The van der Waals surface area contributed by atoms with Crippen LogP contribution in [-0.2, 0) is 4.79 Å². The monoisotopic (exact) mass is 364 g/mol. The average molecular weight is 365 g/mol. The van der Waals surface area contributed by atoms with Crippen molar-refractivity contribution in [1.29, 1.82) is 0 Å². The second kappa shape index (κ2) is 8.79. The van der Waals surface area contributed by atoms with Gasteiger partial charge in [-0.25, -0.2) is 0 Å². The number of benzene rings is 2. The molecule has 0 aromatic heterocycles. The predicted molar refractivity (Wildman–Crippen MR) is 94.5 cm³/mol. The van der Waals surface area contributed by atoms with Gasteiger partial charge in [0.1, 0.15) is 5.75 Å². The molecular formula is C17H17ClN2O5. The van der Waals surface area contributed by atoms with Crippen molar-refractivity contribution in [2.24, 2.45) is 5.16 Å². The summed E-state index contributed by atoms with van der Waals surface area (Å²) < 4.78 is 15.8. The molecule has 0 atom stereocenters. The van der Waals surface area contributed by atoms with Crippen LogP contribution in [0.5, 0.6) is 17.2 Å². The highest BCUT2D eigenvalue weighted by molar-refractivity contribution is 6.32. The molecule has 7 nitrogen and oxygen atoms in total. The quantitative estimate of drug-likeness (QED) is 0.447. The first kappa shape index (κ1) is 18.4. The van der Waals surface area contributed by atoms with E-state index in [2.05, 4.69) is 10.5 Å². The summed E-state index contributed by atoms with van der Waals surface area (Å²) in [5.41, 5.74) is 1.06. The molecule has 0 spiro atoms. The van der Waals surface area contributed by atoms with Crippen molar-refractivity contribution >= 4 is 29.4 Å². The fourth-order valence-electron chi connectivity index (χ4n) is 2.09. The van der Waals surface area contributed by atoms with Gasteiger partial charge in [0.2, 0.25) is 0 Å². The van der Waals surface area contributed by atoms with E-state index in [-0.39, 0.29) is 23.3 Å². The number of rotatable bonds is 7. The van der Waals surface area contributed by atoms with Crippen LogP contribution in [-0.4, -0.2) is 38.2 Å². The van der Waals surface area contributed by atoms with Gasteiger partial charge < -0.3 is 24.7 Å². The number of oxime groups is 1. The Morgan fingerprint density at radius 1 is 1.24 bits per heavy atom. The number of carbonyl (C=O) groups is 1. The number of amides is 1. The molecule has 0 heterocycles. The summed E-state index contributed by atoms with van der Waals surface area (Å²) in [4.78, 5) is 12.1. The van der Waals surface area contributed by atoms with Crippen LogP contribution in [0.2, 0.25) is 5.02 Å². The van der Waals surface area contributed by atoms with E-state index < -0.39 is 0 Å². The van der Waals surface area contributed by atoms with Gasteiger partial charge in [-0.1, -0.05) is 28.9 Å². The third kappa shape index (κ3) is 4.77. The Balaban J connectivity index is 2.09. The maximum atomic E-state index is 12.1. The Morgan fingerprint density at radius 3 is 2.64 bits per heavy atom. The van der Waals surface area contributed by atoms with E-state index >= 15 is 0 Å². The van der Waals surface area contributed by atoms with Gasteiger partial charge >= 0.3 is 0 Å². The third-order valence-corrected chi connectivity index (χ3v) is 3.47. The number of nitrogens with one attached hydrogen (secondary N) is 1.